The normalized spacial score (nSPS) is 11.5. The van der Waals surface area contributed by atoms with Crippen molar-refractivity contribution in [2.75, 3.05) is 12.4 Å². The molecule has 1 heterocycles. The molecule has 0 radical (unpaired) electrons. The number of aromatic nitrogens is 2. The van der Waals surface area contributed by atoms with Crippen molar-refractivity contribution in [2.24, 2.45) is 0 Å². The molecule has 0 atom stereocenters. The molecule has 136 valence electrons. The van der Waals surface area contributed by atoms with Gasteiger partial charge >= 0.3 is 12.1 Å². The maximum absolute atomic E-state index is 12.9. The van der Waals surface area contributed by atoms with E-state index in [4.69, 9.17) is 4.74 Å². The van der Waals surface area contributed by atoms with E-state index in [1.165, 1.54) is 6.20 Å². The summed E-state index contributed by atoms with van der Waals surface area (Å²) < 4.78 is 44.9. The van der Waals surface area contributed by atoms with E-state index in [1.54, 1.807) is 30.3 Å². The third kappa shape index (κ3) is 6.12. The molecule has 0 aliphatic heterocycles. The topological polar surface area (TPSA) is 44.1 Å². The molecular formula is C17H19F3N2O2S. The Labute approximate surface area is 148 Å². The van der Waals surface area contributed by atoms with E-state index in [0.29, 0.717) is 17.9 Å². The first-order valence-electron chi connectivity index (χ1n) is 7.87. The Kier molecular flexibility index (Phi) is 6.92. The van der Waals surface area contributed by atoms with Crippen LogP contribution in [0.5, 0.6) is 0 Å². The van der Waals surface area contributed by atoms with Crippen molar-refractivity contribution >= 4 is 17.7 Å². The van der Waals surface area contributed by atoms with Crippen LogP contribution in [0.15, 0.2) is 41.7 Å². The van der Waals surface area contributed by atoms with E-state index in [2.05, 4.69) is 4.98 Å². The van der Waals surface area contributed by atoms with Gasteiger partial charge in [0.2, 0.25) is 0 Å². The molecule has 0 aliphatic rings. The van der Waals surface area contributed by atoms with Crippen LogP contribution in [-0.2, 0) is 16.1 Å². The highest BCUT2D eigenvalue weighted by Gasteiger charge is 2.31. The zero-order valence-electron chi connectivity index (χ0n) is 13.8. The molecule has 0 aliphatic carbocycles. The zero-order valence-corrected chi connectivity index (χ0v) is 14.6. The molecule has 0 saturated heterocycles. The minimum Gasteiger partial charge on any atom is -0.465 e. The number of carbonyl (C=O) groups excluding carboxylic acids is 1. The lowest BCUT2D eigenvalue weighted by Gasteiger charge is -2.14. The number of nitrogens with zero attached hydrogens (tertiary/aromatic N) is 2. The Balaban J connectivity index is 2.15. The number of alkyl halides is 3. The van der Waals surface area contributed by atoms with E-state index in [-0.39, 0.29) is 10.9 Å². The molecule has 0 N–H and O–H groups in total. The molecule has 0 spiro atoms. The molecule has 4 nitrogen and oxygen atoms in total. The monoisotopic (exact) mass is 372 g/mol. The van der Waals surface area contributed by atoms with E-state index < -0.39 is 18.7 Å². The average molecular weight is 372 g/mol. The third-order valence-electron chi connectivity index (χ3n) is 3.31. The molecule has 1 aromatic carbocycles. The summed E-state index contributed by atoms with van der Waals surface area (Å²) in [4.78, 5) is 15.7. The van der Waals surface area contributed by atoms with Crippen LogP contribution in [0.3, 0.4) is 0 Å². The summed E-state index contributed by atoms with van der Waals surface area (Å²) in [7, 11) is 0. The number of hydrogen-bond acceptors (Lipinski definition) is 4. The van der Waals surface area contributed by atoms with E-state index in [1.807, 2.05) is 6.92 Å². The number of thioether (sulfide) groups is 1. The van der Waals surface area contributed by atoms with Gasteiger partial charge < -0.3 is 9.30 Å². The second-order valence-electron chi connectivity index (χ2n) is 5.36. The second kappa shape index (κ2) is 8.94. The third-order valence-corrected chi connectivity index (χ3v) is 4.27. The molecular weight excluding hydrogens is 353 g/mol. The number of carbonyl (C=O) groups is 1. The minimum absolute atomic E-state index is 0.0766. The standard InChI is InChI=1S/C17H19F3N2O2S/c1-2-3-9-24-15(23)11-25-16-21-10-14(13-7-5-4-6-8-13)22(16)12-17(18,19)20/h4-8,10H,2-3,9,11-12H2,1H3. The number of esters is 1. The fourth-order valence-corrected chi connectivity index (χ4v) is 2.92. The number of benzene rings is 1. The van der Waals surface area contributed by atoms with Gasteiger partial charge in [-0.15, -0.1) is 0 Å². The van der Waals surface area contributed by atoms with Crippen molar-refractivity contribution in [2.45, 2.75) is 37.6 Å². The average Bonchev–Trinajstić information content (AvgIpc) is 2.95. The molecule has 0 saturated carbocycles. The van der Waals surface area contributed by atoms with Gasteiger partial charge in [-0.3, -0.25) is 4.79 Å². The highest BCUT2D eigenvalue weighted by molar-refractivity contribution is 7.99. The van der Waals surface area contributed by atoms with Crippen molar-refractivity contribution < 1.29 is 22.7 Å². The van der Waals surface area contributed by atoms with Crippen LogP contribution >= 0.6 is 11.8 Å². The van der Waals surface area contributed by atoms with Crippen molar-refractivity contribution in [3.63, 3.8) is 0 Å². The van der Waals surface area contributed by atoms with Crippen LogP contribution in [0.2, 0.25) is 0 Å². The van der Waals surface area contributed by atoms with Crippen LogP contribution in [0.1, 0.15) is 19.8 Å². The molecule has 0 amide bonds. The van der Waals surface area contributed by atoms with Crippen LogP contribution in [0.4, 0.5) is 13.2 Å². The van der Waals surface area contributed by atoms with Gasteiger partial charge in [0.1, 0.15) is 6.54 Å². The Morgan fingerprint density at radius 1 is 1.28 bits per heavy atom. The lowest BCUT2D eigenvalue weighted by atomic mass is 10.2. The summed E-state index contributed by atoms with van der Waals surface area (Å²) in [6, 6.07) is 8.72. The van der Waals surface area contributed by atoms with Gasteiger partial charge in [-0.05, 0) is 12.0 Å². The zero-order chi connectivity index (χ0) is 18.3. The molecule has 2 rings (SSSR count). The second-order valence-corrected chi connectivity index (χ2v) is 6.30. The van der Waals surface area contributed by atoms with Gasteiger partial charge in [0.25, 0.3) is 0 Å². The first-order chi connectivity index (χ1) is 11.9. The van der Waals surface area contributed by atoms with Gasteiger partial charge in [-0.1, -0.05) is 55.4 Å². The van der Waals surface area contributed by atoms with E-state index in [0.717, 1.165) is 29.2 Å². The van der Waals surface area contributed by atoms with E-state index in [9.17, 15) is 18.0 Å². The quantitative estimate of drug-likeness (QED) is 0.387. The first-order valence-corrected chi connectivity index (χ1v) is 8.85. The molecule has 0 fully saturated rings. The number of ether oxygens (including phenoxy) is 1. The number of halogens is 3. The van der Waals surface area contributed by atoms with Crippen molar-refractivity contribution in [3.8, 4) is 11.3 Å². The van der Waals surface area contributed by atoms with Gasteiger partial charge in [0.15, 0.2) is 5.16 Å². The Hall–Kier alpha value is -1.96. The Bertz CT molecular complexity index is 687. The molecule has 8 heteroatoms. The summed E-state index contributed by atoms with van der Waals surface area (Å²) in [6.45, 7) is 1.13. The number of imidazole rings is 1. The van der Waals surface area contributed by atoms with Crippen LogP contribution in [0.25, 0.3) is 11.3 Å². The van der Waals surface area contributed by atoms with Crippen molar-refractivity contribution in [1.82, 2.24) is 9.55 Å². The SMILES string of the molecule is CCCCOC(=O)CSc1ncc(-c2ccccc2)n1CC(F)(F)F. The highest BCUT2D eigenvalue weighted by atomic mass is 32.2. The lowest BCUT2D eigenvalue weighted by Crippen LogP contribution is -2.19. The lowest BCUT2D eigenvalue weighted by molar-refractivity contribution is -0.141. The Morgan fingerprint density at radius 3 is 2.64 bits per heavy atom. The maximum Gasteiger partial charge on any atom is 0.406 e. The van der Waals surface area contributed by atoms with Crippen LogP contribution in [-0.4, -0.2) is 34.1 Å². The van der Waals surface area contributed by atoms with Gasteiger partial charge in [0, 0.05) is 0 Å². The molecule has 25 heavy (non-hydrogen) atoms. The predicted octanol–water partition coefficient (Wildman–Crippen LogP) is 4.55. The van der Waals surface area contributed by atoms with Crippen molar-refractivity contribution in [1.29, 1.82) is 0 Å². The summed E-state index contributed by atoms with van der Waals surface area (Å²) in [5.74, 6) is -0.534. The fourth-order valence-electron chi connectivity index (χ4n) is 2.14. The smallest absolute Gasteiger partial charge is 0.406 e. The van der Waals surface area contributed by atoms with Gasteiger partial charge in [-0.25, -0.2) is 4.98 Å². The summed E-state index contributed by atoms with van der Waals surface area (Å²) >= 11 is 0.947. The summed E-state index contributed by atoms with van der Waals surface area (Å²) in [6.07, 6.45) is -1.33. The minimum atomic E-state index is -4.39. The molecule has 1 aromatic heterocycles. The molecule has 0 unspecified atom stereocenters. The number of rotatable bonds is 8. The Morgan fingerprint density at radius 2 is 2.00 bits per heavy atom. The first kappa shape index (κ1) is 19.4. The van der Waals surface area contributed by atoms with Crippen molar-refractivity contribution in [3.05, 3.63) is 36.5 Å². The predicted molar refractivity (Wildman–Crippen MR) is 90.3 cm³/mol. The summed E-state index contributed by atoms with van der Waals surface area (Å²) in [5.41, 5.74) is 0.997. The number of unbranched alkanes of at least 4 members (excludes halogenated alkanes) is 1. The maximum atomic E-state index is 12.9. The van der Waals surface area contributed by atoms with Crippen LogP contribution < -0.4 is 0 Å². The van der Waals surface area contributed by atoms with Crippen LogP contribution in [0, 0.1) is 0 Å². The van der Waals surface area contributed by atoms with E-state index >= 15 is 0 Å². The highest BCUT2D eigenvalue weighted by Crippen LogP contribution is 2.30. The molecule has 0 bridgehead atoms. The number of hydrogen-bond donors (Lipinski definition) is 0. The fraction of sp³-hybridized carbons (Fsp3) is 0.412. The van der Waals surface area contributed by atoms with Gasteiger partial charge in [-0.2, -0.15) is 13.2 Å². The van der Waals surface area contributed by atoms with Gasteiger partial charge in [0.05, 0.1) is 24.3 Å². The molecule has 2 aromatic rings. The summed E-state index contributed by atoms with van der Waals surface area (Å²) in [5, 5.41) is 0.142. The largest absolute Gasteiger partial charge is 0.465 e.